The highest BCUT2D eigenvalue weighted by Gasteiger charge is 2.15. The van der Waals surface area contributed by atoms with Crippen molar-refractivity contribution in [2.75, 3.05) is 6.26 Å². The molecule has 108 valence electrons. The fourth-order valence-electron chi connectivity index (χ4n) is 2.59. The van der Waals surface area contributed by atoms with Gasteiger partial charge in [0.2, 0.25) is 0 Å². The number of imidazole rings is 1. The van der Waals surface area contributed by atoms with Gasteiger partial charge in [0, 0.05) is 11.4 Å². The molecule has 2 heterocycles. The molecule has 0 aliphatic heterocycles. The number of nitrogens with zero attached hydrogens (tertiary/aromatic N) is 3. The molecule has 0 unspecified atom stereocenters. The first-order valence-corrected chi connectivity index (χ1v) is 8.36. The van der Waals surface area contributed by atoms with Gasteiger partial charge in [-0.15, -0.1) is 0 Å². The summed E-state index contributed by atoms with van der Waals surface area (Å²) in [5, 5.41) is 0.982. The molecule has 0 N–H and O–H groups in total. The summed E-state index contributed by atoms with van der Waals surface area (Å²) in [6.07, 6.45) is 3.11. The van der Waals surface area contributed by atoms with Crippen molar-refractivity contribution in [3.8, 4) is 5.69 Å². The smallest absolute Gasteiger partial charge is 0.174 e. The summed E-state index contributed by atoms with van der Waals surface area (Å²) in [6, 6.07) is 10.7. The highest BCUT2D eigenvalue weighted by Crippen LogP contribution is 2.27. The van der Waals surface area contributed by atoms with Crippen LogP contribution in [0, 0.1) is 13.8 Å². The van der Waals surface area contributed by atoms with Crippen LogP contribution >= 0.6 is 11.8 Å². The molecule has 2 aromatic heterocycles. The Kier molecular flexibility index (Phi) is 3.72. The Morgan fingerprint density at radius 1 is 1.10 bits per heavy atom. The minimum atomic E-state index is 0.945. The minimum Gasteiger partial charge on any atom is -0.272 e. The molecule has 0 amide bonds. The second kappa shape index (κ2) is 5.53. The van der Waals surface area contributed by atoms with E-state index in [0.29, 0.717) is 0 Å². The van der Waals surface area contributed by atoms with Gasteiger partial charge in [-0.2, -0.15) is 0 Å². The summed E-state index contributed by atoms with van der Waals surface area (Å²) >= 11 is 1.65. The van der Waals surface area contributed by atoms with E-state index in [1.165, 1.54) is 11.1 Å². The molecular formula is C17H19N3S. The van der Waals surface area contributed by atoms with Crippen LogP contribution in [0.25, 0.3) is 16.9 Å². The van der Waals surface area contributed by atoms with Crippen molar-refractivity contribution in [1.82, 2.24) is 14.5 Å². The number of fused-ring (bicyclic) bond motifs is 1. The number of aromatic nitrogens is 3. The number of pyridine rings is 1. The van der Waals surface area contributed by atoms with Crippen LogP contribution in [0.3, 0.4) is 0 Å². The van der Waals surface area contributed by atoms with Gasteiger partial charge < -0.3 is 0 Å². The van der Waals surface area contributed by atoms with Gasteiger partial charge in [-0.25, -0.2) is 9.97 Å². The first-order chi connectivity index (χ1) is 10.1. The van der Waals surface area contributed by atoms with Gasteiger partial charge >= 0.3 is 0 Å². The van der Waals surface area contributed by atoms with Crippen LogP contribution in [0.5, 0.6) is 0 Å². The molecule has 0 atom stereocenters. The predicted octanol–water partition coefficient (Wildman–Crippen LogP) is 4.32. The molecule has 0 spiro atoms. The van der Waals surface area contributed by atoms with Gasteiger partial charge in [0.25, 0.3) is 0 Å². The van der Waals surface area contributed by atoms with Crippen LogP contribution in [-0.2, 0) is 6.42 Å². The molecule has 3 nitrogen and oxygen atoms in total. The second-order valence-corrected chi connectivity index (χ2v) is 5.98. The largest absolute Gasteiger partial charge is 0.272 e. The van der Waals surface area contributed by atoms with E-state index in [-0.39, 0.29) is 0 Å². The van der Waals surface area contributed by atoms with Crippen molar-refractivity contribution < 1.29 is 0 Å². The monoisotopic (exact) mass is 297 g/mol. The van der Waals surface area contributed by atoms with Gasteiger partial charge in [-0.05, 0) is 55.9 Å². The Bertz CT molecular complexity index is 788. The normalized spacial score (nSPS) is 11.2. The molecular weight excluding hydrogens is 278 g/mol. The van der Waals surface area contributed by atoms with Crippen molar-refractivity contribution in [2.24, 2.45) is 0 Å². The SMILES string of the molecule is CCc1ccc(-n2c(SC)nc3c(C)cc(C)nc32)cc1. The Labute approximate surface area is 129 Å². The number of hydrogen-bond donors (Lipinski definition) is 0. The predicted molar refractivity (Wildman–Crippen MR) is 89.5 cm³/mol. The van der Waals surface area contributed by atoms with Crippen molar-refractivity contribution in [1.29, 1.82) is 0 Å². The first-order valence-electron chi connectivity index (χ1n) is 7.14. The van der Waals surface area contributed by atoms with Gasteiger partial charge in [-0.3, -0.25) is 4.57 Å². The van der Waals surface area contributed by atoms with Crippen molar-refractivity contribution in [3.63, 3.8) is 0 Å². The molecule has 0 radical (unpaired) electrons. The molecule has 3 rings (SSSR count). The topological polar surface area (TPSA) is 30.7 Å². The highest BCUT2D eigenvalue weighted by molar-refractivity contribution is 7.98. The van der Waals surface area contributed by atoms with Crippen LogP contribution in [0.15, 0.2) is 35.5 Å². The lowest BCUT2D eigenvalue weighted by Gasteiger charge is -2.08. The summed E-state index contributed by atoms with van der Waals surface area (Å²) in [6.45, 7) is 6.30. The Balaban J connectivity index is 2.28. The number of aryl methyl sites for hydroxylation is 3. The van der Waals surface area contributed by atoms with Gasteiger partial charge in [-0.1, -0.05) is 30.8 Å². The summed E-state index contributed by atoms with van der Waals surface area (Å²) in [7, 11) is 0. The summed E-state index contributed by atoms with van der Waals surface area (Å²) < 4.78 is 2.15. The third-order valence-electron chi connectivity index (χ3n) is 3.69. The highest BCUT2D eigenvalue weighted by atomic mass is 32.2. The van der Waals surface area contributed by atoms with E-state index in [1.807, 2.05) is 6.92 Å². The molecule has 3 aromatic rings. The van der Waals surface area contributed by atoms with E-state index in [0.717, 1.165) is 34.1 Å². The van der Waals surface area contributed by atoms with Crippen molar-refractivity contribution in [2.45, 2.75) is 32.3 Å². The molecule has 0 saturated carbocycles. The van der Waals surface area contributed by atoms with E-state index in [4.69, 9.17) is 9.97 Å². The quantitative estimate of drug-likeness (QED) is 0.674. The fraction of sp³-hybridized carbons (Fsp3) is 0.294. The fourth-order valence-corrected chi connectivity index (χ4v) is 3.15. The average molecular weight is 297 g/mol. The van der Waals surface area contributed by atoms with Crippen molar-refractivity contribution >= 4 is 22.9 Å². The van der Waals surface area contributed by atoms with E-state index >= 15 is 0 Å². The maximum absolute atomic E-state index is 4.75. The Morgan fingerprint density at radius 2 is 1.81 bits per heavy atom. The van der Waals surface area contributed by atoms with Crippen LogP contribution in [0.4, 0.5) is 0 Å². The number of thioether (sulfide) groups is 1. The molecule has 0 fully saturated rings. The molecule has 0 aliphatic rings. The number of rotatable bonds is 3. The minimum absolute atomic E-state index is 0.945. The lowest BCUT2D eigenvalue weighted by atomic mass is 10.1. The standard InChI is InChI=1S/C17H19N3S/c1-5-13-6-8-14(9-7-13)20-16-15(19-17(20)21-4)11(2)10-12(3)18-16/h6-10H,5H2,1-4H3. The Hall–Kier alpha value is -1.81. The zero-order valence-electron chi connectivity index (χ0n) is 12.8. The van der Waals surface area contributed by atoms with E-state index in [9.17, 15) is 0 Å². The average Bonchev–Trinajstić information content (AvgIpc) is 2.86. The molecule has 4 heteroatoms. The lowest BCUT2D eigenvalue weighted by Crippen LogP contribution is -1.98. The molecule has 21 heavy (non-hydrogen) atoms. The van der Waals surface area contributed by atoms with E-state index < -0.39 is 0 Å². The molecule has 1 aromatic carbocycles. The summed E-state index contributed by atoms with van der Waals surface area (Å²) in [5.41, 5.74) is 6.60. The zero-order chi connectivity index (χ0) is 15.0. The first kappa shape index (κ1) is 14.1. The van der Waals surface area contributed by atoms with Gasteiger partial charge in [0.05, 0.1) is 0 Å². The van der Waals surface area contributed by atoms with E-state index in [2.05, 4.69) is 55.0 Å². The van der Waals surface area contributed by atoms with Gasteiger partial charge in [0.1, 0.15) is 5.52 Å². The number of hydrogen-bond acceptors (Lipinski definition) is 3. The third kappa shape index (κ3) is 2.44. The molecule has 0 bridgehead atoms. The summed E-state index contributed by atoms with van der Waals surface area (Å²) in [4.78, 5) is 9.47. The Morgan fingerprint density at radius 3 is 2.43 bits per heavy atom. The van der Waals surface area contributed by atoms with E-state index in [1.54, 1.807) is 11.8 Å². The lowest BCUT2D eigenvalue weighted by molar-refractivity contribution is 0.908. The van der Waals surface area contributed by atoms with Crippen LogP contribution in [0.1, 0.15) is 23.7 Å². The number of benzene rings is 1. The van der Waals surface area contributed by atoms with Crippen LogP contribution in [-0.4, -0.2) is 20.8 Å². The molecule has 0 aliphatic carbocycles. The summed E-state index contributed by atoms with van der Waals surface area (Å²) in [5.74, 6) is 0. The van der Waals surface area contributed by atoms with Crippen LogP contribution < -0.4 is 0 Å². The molecule has 0 saturated heterocycles. The third-order valence-corrected chi connectivity index (χ3v) is 4.33. The van der Waals surface area contributed by atoms with Crippen LogP contribution in [0.2, 0.25) is 0 Å². The van der Waals surface area contributed by atoms with Crippen molar-refractivity contribution in [3.05, 3.63) is 47.2 Å². The maximum Gasteiger partial charge on any atom is 0.174 e. The van der Waals surface area contributed by atoms with Gasteiger partial charge in [0.15, 0.2) is 10.8 Å². The maximum atomic E-state index is 4.75. The second-order valence-electron chi connectivity index (χ2n) is 5.21. The zero-order valence-corrected chi connectivity index (χ0v) is 13.7.